The van der Waals surface area contributed by atoms with E-state index in [2.05, 4.69) is 20.3 Å². The minimum atomic E-state index is -0.498. The van der Waals surface area contributed by atoms with Gasteiger partial charge in [0.25, 0.3) is 0 Å². The standard InChI is InChI=1S/C21H18FN5O/c1-13-8-14(5-6-20(13)28-11-15-4-2-3-7-24-15)27-21-16-9-18(23)17(22)10-19(16)25-12-26-21/h2-10,12H,11,23H2,1H3,(H,25,26,27). The molecule has 0 atom stereocenters. The van der Waals surface area contributed by atoms with Crippen molar-refractivity contribution in [2.75, 3.05) is 11.1 Å². The van der Waals surface area contributed by atoms with Crippen LogP contribution in [0.2, 0.25) is 0 Å². The number of nitrogens with zero attached hydrogens (tertiary/aromatic N) is 3. The molecule has 4 aromatic rings. The van der Waals surface area contributed by atoms with Gasteiger partial charge in [0.05, 0.1) is 16.9 Å². The predicted octanol–water partition coefficient (Wildman–Crippen LogP) is 4.38. The Labute approximate surface area is 161 Å². The molecule has 0 spiro atoms. The second-order valence-corrected chi connectivity index (χ2v) is 6.33. The number of nitrogens with two attached hydrogens (primary N) is 1. The second kappa shape index (κ2) is 7.48. The second-order valence-electron chi connectivity index (χ2n) is 6.33. The first-order chi connectivity index (χ1) is 13.6. The Hall–Kier alpha value is -3.74. The highest BCUT2D eigenvalue weighted by Gasteiger charge is 2.09. The lowest BCUT2D eigenvalue weighted by atomic mass is 10.1. The number of nitrogen functional groups attached to an aromatic ring is 1. The third-order valence-corrected chi connectivity index (χ3v) is 4.29. The number of hydrogen-bond donors (Lipinski definition) is 2. The van der Waals surface area contributed by atoms with Crippen molar-refractivity contribution < 1.29 is 9.13 Å². The van der Waals surface area contributed by atoms with Crippen molar-refractivity contribution in [3.8, 4) is 5.75 Å². The fourth-order valence-electron chi connectivity index (χ4n) is 2.85. The van der Waals surface area contributed by atoms with Crippen LogP contribution in [0.25, 0.3) is 10.9 Å². The van der Waals surface area contributed by atoms with Crippen molar-refractivity contribution in [3.05, 3.63) is 78.1 Å². The Morgan fingerprint density at radius 3 is 2.75 bits per heavy atom. The van der Waals surface area contributed by atoms with Gasteiger partial charge in [0.1, 0.15) is 30.3 Å². The van der Waals surface area contributed by atoms with E-state index in [1.54, 1.807) is 6.20 Å². The van der Waals surface area contributed by atoms with Gasteiger partial charge in [-0.1, -0.05) is 6.07 Å². The molecule has 2 heterocycles. The number of pyridine rings is 1. The number of nitrogens with one attached hydrogen (secondary N) is 1. The Balaban J connectivity index is 1.55. The lowest BCUT2D eigenvalue weighted by molar-refractivity contribution is 0.299. The highest BCUT2D eigenvalue weighted by atomic mass is 19.1. The molecule has 28 heavy (non-hydrogen) atoms. The first-order valence-electron chi connectivity index (χ1n) is 8.70. The number of benzene rings is 2. The summed E-state index contributed by atoms with van der Waals surface area (Å²) in [6.07, 6.45) is 3.13. The van der Waals surface area contributed by atoms with Crippen molar-refractivity contribution >= 4 is 28.1 Å². The van der Waals surface area contributed by atoms with Crippen molar-refractivity contribution in [1.82, 2.24) is 15.0 Å². The molecular formula is C21H18FN5O. The summed E-state index contributed by atoms with van der Waals surface area (Å²) < 4.78 is 19.5. The number of rotatable bonds is 5. The predicted molar refractivity (Wildman–Crippen MR) is 107 cm³/mol. The Kier molecular flexibility index (Phi) is 4.72. The Morgan fingerprint density at radius 2 is 1.96 bits per heavy atom. The smallest absolute Gasteiger partial charge is 0.148 e. The molecule has 0 saturated heterocycles. The average Bonchev–Trinajstić information content (AvgIpc) is 2.70. The Bertz CT molecular complexity index is 1130. The van der Waals surface area contributed by atoms with E-state index in [1.165, 1.54) is 18.5 Å². The molecule has 4 rings (SSSR count). The molecule has 0 saturated carbocycles. The monoisotopic (exact) mass is 375 g/mol. The molecule has 7 heteroatoms. The molecule has 0 bridgehead atoms. The van der Waals surface area contributed by atoms with Crippen LogP contribution in [0, 0.1) is 12.7 Å². The highest BCUT2D eigenvalue weighted by molar-refractivity contribution is 5.92. The van der Waals surface area contributed by atoms with Crippen LogP contribution in [-0.2, 0) is 6.61 Å². The number of anilines is 3. The molecule has 0 aliphatic heterocycles. The van der Waals surface area contributed by atoms with Crippen LogP contribution >= 0.6 is 0 Å². The molecule has 0 aliphatic carbocycles. The van der Waals surface area contributed by atoms with Crippen molar-refractivity contribution in [2.24, 2.45) is 0 Å². The summed E-state index contributed by atoms with van der Waals surface area (Å²) in [5, 5.41) is 3.89. The maximum absolute atomic E-state index is 13.7. The largest absolute Gasteiger partial charge is 0.487 e. The molecule has 140 valence electrons. The molecule has 0 amide bonds. The molecule has 6 nitrogen and oxygen atoms in total. The average molecular weight is 375 g/mol. The third-order valence-electron chi connectivity index (χ3n) is 4.29. The van der Waals surface area contributed by atoms with E-state index in [9.17, 15) is 4.39 Å². The molecule has 2 aromatic carbocycles. The lowest BCUT2D eigenvalue weighted by Gasteiger charge is -2.13. The minimum Gasteiger partial charge on any atom is -0.487 e. The lowest BCUT2D eigenvalue weighted by Crippen LogP contribution is -2.01. The van der Waals surface area contributed by atoms with E-state index in [4.69, 9.17) is 10.5 Å². The molecule has 0 radical (unpaired) electrons. The van der Waals surface area contributed by atoms with Crippen LogP contribution in [0.1, 0.15) is 11.3 Å². The highest BCUT2D eigenvalue weighted by Crippen LogP contribution is 2.29. The zero-order valence-corrected chi connectivity index (χ0v) is 15.2. The van der Waals surface area contributed by atoms with Crippen molar-refractivity contribution in [3.63, 3.8) is 0 Å². The third kappa shape index (κ3) is 3.68. The van der Waals surface area contributed by atoms with Crippen LogP contribution in [0.4, 0.5) is 21.6 Å². The topological polar surface area (TPSA) is 86.0 Å². The fourth-order valence-corrected chi connectivity index (χ4v) is 2.85. The van der Waals surface area contributed by atoms with Crippen LogP contribution in [0.15, 0.2) is 61.1 Å². The summed E-state index contributed by atoms with van der Waals surface area (Å²) in [5.41, 5.74) is 8.88. The van der Waals surface area contributed by atoms with Gasteiger partial charge in [0.2, 0.25) is 0 Å². The minimum absolute atomic E-state index is 0.0554. The van der Waals surface area contributed by atoms with Crippen LogP contribution in [0.3, 0.4) is 0 Å². The summed E-state index contributed by atoms with van der Waals surface area (Å²) in [5.74, 6) is 0.829. The summed E-state index contributed by atoms with van der Waals surface area (Å²) >= 11 is 0. The zero-order chi connectivity index (χ0) is 19.5. The van der Waals surface area contributed by atoms with E-state index in [0.717, 1.165) is 22.7 Å². The van der Waals surface area contributed by atoms with E-state index >= 15 is 0 Å². The number of hydrogen-bond acceptors (Lipinski definition) is 6. The van der Waals surface area contributed by atoms with Gasteiger partial charge in [0.15, 0.2) is 0 Å². The summed E-state index contributed by atoms with van der Waals surface area (Å²) in [6, 6.07) is 14.3. The van der Waals surface area contributed by atoms with E-state index in [1.807, 2.05) is 43.3 Å². The SMILES string of the molecule is Cc1cc(Nc2ncnc3cc(F)c(N)cc23)ccc1OCc1ccccn1. The van der Waals surface area contributed by atoms with Crippen LogP contribution < -0.4 is 15.8 Å². The first kappa shape index (κ1) is 17.7. The molecular weight excluding hydrogens is 357 g/mol. The van der Waals surface area contributed by atoms with Gasteiger partial charge < -0.3 is 15.8 Å². The van der Waals surface area contributed by atoms with E-state index in [0.29, 0.717) is 23.3 Å². The van der Waals surface area contributed by atoms with Crippen LogP contribution in [0.5, 0.6) is 5.75 Å². The van der Waals surface area contributed by atoms with Gasteiger partial charge in [-0.05, 0) is 48.9 Å². The maximum atomic E-state index is 13.7. The normalized spacial score (nSPS) is 10.8. The fraction of sp³-hybridized carbons (Fsp3) is 0.0952. The summed E-state index contributed by atoms with van der Waals surface area (Å²) in [4.78, 5) is 12.6. The number of aryl methyl sites for hydroxylation is 1. The number of halogens is 1. The number of aromatic nitrogens is 3. The van der Waals surface area contributed by atoms with Gasteiger partial charge in [-0.15, -0.1) is 0 Å². The number of ether oxygens (including phenoxy) is 1. The maximum Gasteiger partial charge on any atom is 0.148 e. The summed E-state index contributed by atoms with van der Waals surface area (Å²) in [6.45, 7) is 2.36. The number of fused-ring (bicyclic) bond motifs is 1. The first-order valence-corrected chi connectivity index (χ1v) is 8.70. The zero-order valence-electron chi connectivity index (χ0n) is 15.2. The van der Waals surface area contributed by atoms with Gasteiger partial charge in [0, 0.05) is 23.3 Å². The summed E-state index contributed by atoms with van der Waals surface area (Å²) in [7, 11) is 0. The molecule has 2 aromatic heterocycles. The Morgan fingerprint density at radius 1 is 1.07 bits per heavy atom. The van der Waals surface area contributed by atoms with Gasteiger partial charge in [-0.2, -0.15) is 0 Å². The van der Waals surface area contributed by atoms with Gasteiger partial charge >= 0.3 is 0 Å². The molecule has 0 fully saturated rings. The van der Waals surface area contributed by atoms with Crippen molar-refractivity contribution in [1.29, 1.82) is 0 Å². The van der Waals surface area contributed by atoms with E-state index < -0.39 is 5.82 Å². The van der Waals surface area contributed by atoms with Gasteiger partial charge in [-0.25, -0.2) is 14.4 Å². The molecule has 3 N–H and O–H groups in total. The molecule has 0 aliphatic rings. The molecule has 0 unspecified atom stereocenters. The quantitative estimate of drug-likeness (QED) is 0.504. The van der Waals surface area contributed by atoms with Gasteiger partial charge in [-0.3, -0.25) is 4.98 Å². The van der Waals surface area contributed by atoms with Crippen molar-refractivity contribution in [2.45, 2.75) is 13.5 Å². The van der Waals surface area contributed by atoms with E-state index in [-0.39, 0.29) is 5.69 Å². The van der Waals surface area contributed by atoms with Crippen LogP contribution in [-0.4, -0.2) is 15.0 Å².